The summed E-state index contributed by atoms with van der Waals surface area (Å²) < 4.78 is 2.89. The standard InChI is InChI=1S/C17H16N4O2/c1-20-16-14(8-19-20)17(23)21(10-18-16)9-15(22)13-6-5-11-3-2-4-12(11)7-13/h5-8,10H,2-4,9H2,1H3. The number of rotatable bonds is 3. The first-order valence-electron chi connectivity index (χ1n) is 7.65. The van der Waals surface area contributed by atoms with Crippen molar-refractivity contribution >= 4 is 16.8 Å². The van der Waals surface area contributed by atoms with Gasteiger partial charge in [0.05, 0.1) is 12.7 Å². The summed E-state index contributed by atoms with van der Waals surface area (Å²) in [5.41, 5.74) is 3.53. The van der Waals surface area contributed by atoms with Crippen LogP contribution >= 0.6 is 0 Å². The fourth-order valence-corrected chi connectivity index (χ4v) is 3.17. The molecule has 23 heavy (non-hydrogen) atoms. The number of Topliss-reactive ketones (excluding diaryl/α,β-unsaturated/α-hetero) is 1. The first-order chi connectivity index (χ1) is 11.1. The van der Waals surface area contributed by atoms with E-state index in [0.29, 0.717) is 16.6 Å². The van der Waals surface area contributed by atoms with Crippen LogP contribution in [0.5, 0.6) is 0 Å². The molecule has 0 unspecified atom stereocenters. The van der Waals surface area contributed by atoms with E-state index in [4.69, 9.17) is 0 Å². The van der Waals surface area contributed by atoms with E-state index in [1.54, 1.807) is 11.7 Å². The average Bonchev–Trinajstić information content (AvgIpc) is 3.16. The second kappa shape index (κ2) is 5.15. The Morgan fingerprint density at radius 3 is 2.96 bits per heavy atom. The SMILES string of the molecule is Cn1ncc2c(=O)n(CC(=O)c3ccc4c(c3)CCC4)cnc21. The quantitative estimate of drug-likeness (QED) is 0.688. The van der Waals surface area contributed by atoms with Crippen LogP contribution in [0.25, 0.3) is 11.0 Å². The lowest BCUT2D eigenvalue weighted by molar-refractivity contribution is 0.0970. The van der Waals surface area contributed by atoms with Gasteiger partial charge in [-0.15, -0.1) is 0 Å². The topological polar surface area (TPSA) is 69.8 Å². The van der Waals surface area contributed by atoms with Crippen molar-refractivity contribution in [2.75, 3.05) is 0 Å². The largest absolute Gasteiger partial charge is 0.292 e. The molecule has 6 heteroatoms. The van der Waals surface area contributed by atoms with Crippen molar-refractivity contribution in [3.05, 3.63) is 57.8 Å². The highest BCUT2D eigenvalue weighted by molar-refractivity contribution is 5.96. The molecule has 1 aromatic carbocycles. The monoisotopic (exact) mass is 308 g/mol. The van der Waals surface area contributed by atoms with Crippen molar-refractivity contribution in [3.63, 3.8) is 0 Å². The van der Waals surface area contributed by atoms with Crippen molar-refractivity contribution in [3.8, 4) is 0 Å². The van der Waals surface area contributed by atoms with E-state index in [1.165, 1.54) is 28.2 Å². The Balaban J connectivity index is 1.66. The van der Waals surface area contributed by atoms with E-state index < -0.39 is 0 Å². The van der Waals surface area contributed by atoms with Crippen LogP contribution in [0.3, 0.4) is 0 Å². The summed E-state index contributed by atoms with van der Waals surface area (Å²) in [6.07, 6.45) is 6.16. The third-order valence-electron chi connectivity index (χ3n) is 4.45. The zero-order chi connectivity index (χ0) is 16.0. The molecule has 0 amide bonds. The van der Waals surface area contributed by atoms with Crippen LogP contribution < -0.4 is 5.56 Å². The molecule has 0 spiro atoms. The van der Waals surface area contributed by atoms with Crippen LogP contribution in [-0.2, 0) is 26.4 Å². The molecule has 4 rings (SSSR count). The van der Waals surface area contributed by atoms with Crippen LogP contribution in [-0.4, -0.2) is 25.1 Å². The van der Waals surface area contributed by atoms with Crippen molar-refractivity contribution in [1.82, 2.24) is 19.3 Å². The molecule has 1 aliphatic rings. The predicted octanol–water partition coefficient (Wildman–Crippen LogP) is 1.50. The molecule has 116 valence electrons. The van der Waals surface area contributed by atoms with Crippen molar-refractivity contribution < 1.29 is 4.79 Å². The fourth-order valence-electron chi connectivity index (χ4n) is 3.17. The van der Waals surface area contributed by atoms with Crippen LogP contribution in [0.4, 0.5) is 0 Å². The Morgan fingerprint density at radius 2 is 2.09 bits per heavy atom. The number of aryl methyl sites for hydroxylation is 3. The molecule has 0 aliphatic heterocycles. The number of fused-ring (bicyclic) bond motifs is 2. The zero-order valence-electron chi connectivity index (χ0n) is 12.8. The zero-order valence-corrected chi connectivity index (χ0v) is 12.8. The fraction of sp³-hybridized carbons (Fsp3) is 0.294. The Kier molecular flexibility index (Phi) is 3.11. The van der Waals surface area contributed by atoms with E-state index in [0.717, 1.165) is 19.3 Å². The molecule has 0 saturated carbocycles. The van der Waals surface area contributed by atoms with Gasteiger partial charge in [0.25, 0.3) is 5.56 Å². The number of ketones is 1. The van der Waals surface area contributed by atoms with E-state index >= 15 is 0 Å². The summed E-state index contributed by atoms with van der Waals surface area (Å²) in [6.45, 7) is -0.00451. The maximum Gasteiger partial charge on any atom is 0.264 e. The molecule has 0 radical (unpaired) electrons. The van der Waals surface area contributed by atoms with Crippen LogP contribution in [0.1, 0.15) is 27.9 Å². The number of nitrogens with zero attached hydrogens (tertiary/aromatic N) is 4. The number of hydrogen-bond donors (Lipinski definition) is 0. The number of carbonyl (C=O) groups is 1. The number of aromatic nitrogens is 4. The summed E-state index contributed by atoms with van der Waals surface area (Å²) >= 11 is 0. The molecule has 0 saturated heterocycles. The highest BCUT2D eigenvalue weighted by atomic mass is 16.1. The second-order valence-electron chi connectivity index (χ2n) is 5.94. The van der Waals surface area contributed by atoms with E-state index in [2.05, 4.69) is 10.1 Å². The van der Waals surface area contributed by atoms with E-state index in [1.807, 2.05) is 18.2 Å². The third kappa shape index (κ3) is 2.27. The highest BCUT2D eigenvalue weighted by Gasteiger charge is 2.15. The molecule has 0 N–H and O–H groups in total. The summed E-state index contributed by atoms with van der Waals surface area (Å²) in [6, 6.07) is 5.85. The molecule has 0 atom stereocenters. The van der Waals surface area contributed by atoms with Gasteiger partial charge in [-0.1, -0.05) is 12.1 Å². The lowest BCUT2D eigenvalue weighted by Gasteiger charge is -2.07. The van der Waals surface area contributed by atoms with Crippen LogP contribution in [0, 0.1) is 0 Å². The van der Waals surface area contributed by atoms with Gasteiger partial charge in [0.1, 0.15) is 11.7 Å². The summed E-state index contributed by atoms with van der Waals surface area (Å²) in [7, 11) is 1.73. The maximum atomic E-state index is 12.5. The lowest BCUT2D eigenvalue weighted by Crippen LogP contribution is -2.24. The van der Waals surface area contributed by atoms with E-state index in [-0.39, 0.29) is 17.9 Å². The minimum atomic E-state index is -0.238. The molecular formula is C17H16N4O2. The van der Waals surface area contributed by atoms with E-state index in [9.17, 15) is 9.59 Å². The van der Waals surface area contributed by atoms with Gasteiger partial charge in [-0.2, -0.15) is 5.10 Å². The minimum Gasteiger partial charge on any atom is -0.292 e. The number of hydrogen-bond acceptors (Lipinski definition) is 4. The normalized spacial score (nSPS) is 13.4. The molecule has 0 fully saturated rings. The second-order valence-corrected chi connectivity index (χ2v) is 5.94. The predicted molar refractivity (Wildman–Crippen MR) is 85.6 cm³/mol. The van der Waals surface area contributed by atoms with Gasteiger partial charge in [-0.05, 0) is 36.5 Å². The first-order valence-corrected chi connectivity index (χ1v) is 7.65. The van der Waals surface area contributed by atoms with Crippen LogP contribution in [0.2, 0.25) is 0 Å². The lowest BCUT2D eigenvalue weighted by atomic mass is 10.0. The summed E-state index contributed by atoms with van der Waals surface area (Å²) in [5.74, 6) is -0.0770. The average molecular weight is 308 g/mol. The third-order valence-corrected chi connectivity index (χ3v) is 4.45. The van der Waals surface area contributed by atoms with Crippen molar-refractivity contribution in [2.45, 2.75) is 25.8 Å². The van der Waals surface area contributed by atoms with Gasteiger partial charge in [0.15, 0.2) is 11.4 Å². The maximum absolute atomic E-state index is 12.5. The number of benzene rings is 1. The van der Waals surface area contributed by atoms with Crippen molar-refractivity contribution in [2.24, 2.45) is 7.05 Å². The molecule has 2 aromatic heterocycles. The molecule has 0 bridgehead atoms. The minimum absolute atomic E-state index is 0.00451. The van der Waals surface area contributed by atoms with Gasteiger partial charge in [0.2, 0.25) is 0 Å². The Morgan fingerprint density at radius 1 is 1.26 bits per heavy atom. The van der Waals surface area contributed by atoms with Gasteiger partial charge in [-0.25, -0.2) is 4.98 Å². The summed E-state index contributed by atoms with van der Waals surface area (Å²) in [5, 5.41) is 4.46. The van der Waals surface area contributed by atoms with Gasteiger partial charge in [0, 0.05) is 12.6 Å². The Bertz CT molecular complexity index is 984. The number of carbonyl (C=O) groups excluding carboxylic acids is 1. The smallest absolute Gasteiger partial charge is 0.264 e. The Labute approximate surface area is 132 Å². The van der Waals surface area contributed by atoms with Gasteiger partial charge in [-0.3, -0.25) is 18.8 Å². The van der Waals surface area contributed by atoms with Gasteiger partial charge >= 0.3 is 0 Å². The highest BCUT2D eigenvalue weighted by Crippen LogP contribution is 2.23. The first kappa shape index (κ1) is 13.9. The van der Waals surface area contributed by atoms with Crippen molar-refractivity contribution in [1.29, 1.82) is 0 Å². The summed E-state index contributed by atoms with van der Waals surface area (Å²) in [4.78, 5) is 29.1. The molecule has 1 aliphatic carbocycles. The molecule has 2 heterocycles. The molecular weight excluding hydrogens is 292 g/mol. The van der Waals surface area contributed by atoms with Gasteiger partial charge < -0.3 is 0 Å². The van der Waals surface area contributed by atoms with Crippen LogP contribution in [0.15, 0.2) is 35.5 Å². The Hall–Kier alpha value is -2.76. The molecule has 3 aromatic rings. The molecule has 6 nitrogen and oxygen atoms in total.